The first-order chi connectivity index (χ1) is 8.30. The van der Waals surface area contributed by atoms with Gasteiger partial charge in [-0.15, -0.1) is 0 Å². The van der Waals surface area contributed by atoms with E-state index in [4.69, 9.17) is 9.84 Å². The number of methoxy groups -OCH3 is 1. The van der Waals surface area contributed by atoms with Gasteiger partial charge in [0.1, 0.15) is 6.04 Å². The summed E-state index contributed by atoms with van der Waals surface area (Å²) in [6.07, 6.45) is 0.438. The zero-order chi connectivity index (χ0) is 14.2. The molecule has 108 valence electrons. The van der Waals surface area contributed by atoms with Crippen molar-refractivity contribution in [3.63, 3.8) is 0 Å². The summed E-state index contributed by atoms with van der Waals surface area (Å²) in [5, 5.41) is 8.76. The first-order valence-corrected chi connectivity index (χ1v) is 7.34. The van der Waals surface area contributed by atoms with Crippen LogP contribution < -0.4 is 4.72 Å². The molecule has 8 heteroatoms. The minimum Gasteiger partial charge on any atom is -0.480 e. The van der Waals surface area contributed by atoms with Gasteiger partial charge in [0.05, 0.1) is 5.75 Å². The Labute approximate surface area is 108 Å². The van der Waals surface area contributed by atoms with E-state index in [1.54, 1.807) is 18.9 Å². The maximum Gasteiger partial charge on any atom is 0.320 e. The summed E-state index contributed by atoms with van der Waals surface area (Å²) in [6.45, 7) is 2.49. The second kappa shape index (κ2) is 8.41. The highest BCUT2D eigenvalue weighted by Crippen LogP contribution is 1.95. The Bertz CT molecular complexity index is 344. The Morgan fingerprint density at radius 3 is 2.61 bits per heavy atom. The monoisotopic (exact) mass is 282 g/mol. The van der Waals surface area contributed by atoms with Crippen molar-refractivity contribution < 1.29 is 23.1 Å². The third kappa shape index (κ3) is 7.59. The predicted molar refractivity (Wildman–Crippen MR) is 68.0 cm³/mol. The summed E-state index contributed by atoms with van der Waals surface area (Å²) in [5.74, 6) is -0.917. The highest BCUT2D eigenvalue weighted by molar-refractivity contribution is 7.89. The summed E-state index contributed by atoms with van der Waals surface area (Å²) in [5.41, 5.74) is 0. The molecule has 0 spiro atoms. The molecule has 0 saturated carbocycles. The SMILES string of the molecule is COCCCS(=O)(=O)NCCN(C)C(C)C(=O)O. The molecule has 0 saturated heterocycles. The van der Waals surface area contributed by atoms with E-state index in [1.165, 1.54) is 7.11 Å². The second-order valence-corrected chi connectivity index (χ2v) is 5.98. The van der Waals surface area contributed by atoms with Crippen molar-refractivity contribution in [1.29, 1.82) is 0 Å². The molecule has 0 aromatic heterocycles. The molecule has 1 atom stereocenters. The first-order valence-electron chi connectivity index (χ1n) is 5.69. The van der Waals surface area contributed by atoms with Gasteiger partial charge < -0.3 is 9.84 Å². The number of nitrogens with zero attached hydrogens (tertiary/aromatic N) is 1. The number of carboxylic acids is 1. The van der Waals surface area contributed by atoms with Crippen molar-refractivity contribution in [2.75, 3.05) is 39.6 Å². The number of nitrogens with one attached hydrogen (secondary N) is 1. The van der Waals surface area contributed by atoms with Gasteiger partial charge >= 0.3 is 5.97 Å². The van der Waals surface area contributed by atoms with Crippen LogP contribution in [-0.2, 0) is 19.6 Å². The van der Waals surface area contributed by atoms with Crippen LogP contribution in [0.3, 0.4) is 0 Å². The van der Waals surface area contributed by atoms with E-state index in [2.05, 4.69) is 4.72 Å². The largest absolute Gasteiger partial charge is 0.480 e. The van der Waals surface area contributed by atoms with Crippen LogP contribution in [0.5, 0.6) is 0 Å². The number of aliphatic carboxylic acids is 1. The molecule has 18 heavy (non-hydrogen) atoms. The van der Waals surface area contributed by atoms with Crippen LogP contribution in [0.25, 0.3) is 0 Å². The molecular formula is C10H22N2O5S. The van der Waals surface area contributed by atoms with Crippen LogP contribution in [0.4, 0.5) is 0 Å². The van der Waals surface area contributed by atoms with Gasteiger partial charge in [-0.1, -0.05) is 0 Å². The van der Waals surface area contributed by atoms with Gasteiger partial charge in [-0.3, -0.25) is 9.69 Å². The minimum absolute atomic E-state index is 0.0129. The van der Waals surface area contributed by atoms with Gasteiger partial charge in [0.25, 0.3) is 0 Å². The van der Waals surface area contributed by atoms with Crippen molar-refractivity contribution in [3.8, 4) is 0 Å². The van der Waals surface area contributed by atoms with Crippen molar-refractivity contribution in [2.45, 2.75) is 19.4 Å². The standard InChI is InChI=1S/C10H22N2O5S/c1-9(10(13)14)12(2)6-5-11-18(15,16)8-4-7-17-3/h9,11H,4-8H2,1-3H3,(H,13,14). The third-order valence-electron chi connectivity index (χ3n) is 2.57. The molecule has 0 aliphatic heterocycles. The fourth-order valence-electron chi connectivity index (χ4n) is 1.23. The smallest absolute Gasteiger partial charge is 0.320 e. The molecule has 0 bridgehead atoms. The lowest BCUT2D eigenvalue weighted by atomic mass is 10.3. The molecule has 0 radical (unpaired) electrons. The average molecular weight is 282 g/mol. The highest BCUT2D eigenvalue weighted by atomic mass is 32.2. The molecule has 0 rings (SSSR count). The molecule has 0 aliphatic carbocycles. The van der Waals surface area contributed by atoms with Crippen molar-refractivity contribution in [3.05, 3.63) is 0 Å². The summed E-state index contributed by atoms with van der Waals surface area (Å²) in [6, 6.07) is -0.636. The van der Waals surface area contributed by atoms with Gasteiger partial charge in [-0.05, 0) is 20.4 Å². The fraction of sp³-hybridized carbons (Fsp3) is 0.900. The number of rotatable bonds is 10. The first kappa shape index (κ1) is 17.3. The number of sulfonamides is 1. The van der Waals surface area contributed by atoms with Gasteiger partial charge in [0.2, 0.25) is 10.0 Å². The number of likely N-dealkylation sites (N-methyl/N-ethyl adjacent to an activating group) is 1. The third-order valence-corrected chi connectivity index (χ3v) is 4.04. The van der Waals surface area contributed by atoms with Crippen LogP contribution in [0.15, 0.2) is 0 Å². The van der Waals surface area contributed by atoms with Crippen molar-refractivity contribution in [1.82, 2.24) is 9.62 Å². The summed E-state index contributed by atoms with van der Waals surface area (Å²) >= 11 is 0. The number of hydrogen-bond acceptors (Lipinski definition) is 5. The lowest BCUT2D eigenvalue weighted by Gasteiger charge is -2.20. The lowest BCUT2D eigenvalue weighted by Crippen LogP contribution is -2.41. The molecule has 0 aromatic carbocycles. The highest BCUT2D eigenvalue weighted by Gasteiger charge is 2.17. The zero-order valence-corrected chi connectivity index (χ0v) is 11.9. The summed E-state index contributed by atoms with van der Waals surface area (Å²) < 4.78 is 30.2. The Kier molecular flexibility index (Phi) is 8.08. The van der Waals surface area contributed by atoms with Crippen LogP contribution >= 0.6 is 0 Å². The topological polar surface area (TPSA) is 95.9 Å². The van der Waals surface area contributed by atoms with Crippen molar-refractivity contribution >= 4 is 16.0 Å². The maximum atomic E-state index is 11.5. The summed E-state index contributed by atoms with van der Waals surface area (Å²) in [4.78, 5) is 12.3. The normalized spacial score (nSPS) is 13.8. The number of carbonyl (C=O) groups is 1. The van der Waals surface area contributed by atoms with Crippen LogP contribution in [0, 0.1) is 0 Å². The van der Waals surface area contributed by atoms with E-state index in [0.717, 1.165) is 0 Å². The molecule has 0 heterocycles. The van der Waals surface area contributed by atoms with Gasteiger partial charge in [-0.25, -0.2) is 13.1 Å². The van der Waals surface area contributed by atoms with Crippen molar-refractivity contribution in [2.24, 2.45) is 0 Å². The molecule has 2 N–H and O–H groups in total. The van der Waals surface area contributed by atoms with Gasteiger partial charge in [-0.2, -0.15) is 0 Å². The van der Waals surface area contributed by atoms with Gasteiger partial charge in [0, 0.05) is 26.8 Å². The molecule has 7 nitrogen and oxygen atoms in total. The zero-order valence-electron chi connectivity index (χ0n) is 11.0. The molecule has 0 amide bonds. The quantitative estimate of drug-likeness (QED) is 0.517. The number of carboxylic acid groups (broad SMARTS) is 1. The Balaban J connectivity index is 3.92. The van der Waals surface area contributed by atoms with Crippen LogP contribution in [0.1, 0.15) is 13.3 Å². The van der Waals surface area contributed by atoms with Crippen LogP contribution in [-0.4, -0.2) is 70.0 Å². The molecule has 0 aromatic rings. The molecule has 0 aliphatic rings. The van der Waals surface area contributed by atoms with Crippen LogP contribution in [0.2, 0.25) is 0 Å². The van der Waals surface area contributed by atoms with E-state index in [1.807, 2.05) is 0 Å². The minimum atomic E-state index is -3.30. The van der Waals surface area contributed by atoms with E-state index in [0.29, 0.717) is 19.6 Å². The fourth-order valence-corrected chi connectivity index (χ4v) is 2.27. The Morgan fingerprint density at radius 1 is 1.50 bits per heavy atom. The average Bonchev–Trinajstić information content (AvgIpc) is 2.27. The number of hydrogen-bond donors (Lipinski definition) is 2. The molecular weight excluding hydrogens is 260 g/mol. The summed E-state index contributed by atoms with van der Waals surface area (Å²) in [7, 11) is -0.146. The number of ether oxygens (including phenoxy) is 1. The van der Waals surface area contributed by atoms with E-state index in [9.17, 15) is 13.2 Å². The molecule has 1 unspecified atom stereocenters. The van der Waals surface area contributed by atoms with E-state index in [-0.39, 0.29) is 12.3 Å². The Morgan fingerprint density at radius 2 is 2.11 bits per heavy atom. The van der Waals surface area contributed by atoms with E-state index < -0.39 is 22.0 Å². The van der Waals surface area contributed by atoms with E-state index >= 15 is 0 Å². The Hall–Kier alpha value is -0.700. The lowest BCUT2D eigenvalue weighted by molar-refractivity contribution is -0.142. The predicted octanol–water partition coefficient (Wildman–Crippen LogP) is -0.653. The maximum absolute atomic E-state index is 11.5. The van der Waals surface area contributed by atoms with Gasteiger partial charge in [0.15, 0.2) is 0 Å². The second-order valence-electron chi connectivity index (χ2n) is 4.05. The molecule has 0 fully saturated rings.